The van der Waals surface area contributed by atoms with Gasteiger partial charge in [-0.25, -0.2) is 4.79 Å². The number of hydrogen-bond donors (Lipinski definition) is 1. The number of alkyl halides is 6. The summed E-state index contributed by atoms with van der Waals surface area (Å²) in [6.07, 6.45) is -6.38. The number of aromatic nitrogens is 3. The molecule has 0 saturated heterocycles. The number of halogens is 6. The van der Waals surface area contributed by atoms with Crippen molar-refractivity contribution in [2.24, 2.45) is 0 Å². The maximum Gasteiger partial charge on any atom is 0.490 e. The Labute approximate surface area is 152 Å². The molecular formula is C16H9F6N3O3. The Morgan fingerprint density at radius 1 is 0.929 bits per heavy atom. The van der Waals surface area contributed by atoms with Gasteiger partial charge >= 0.3 is 18.3 Å². The Morgan fingerprint density at radius 3 is 2.00 bits per heavy atom. The van der Waals surface area contributed by atoms with Gasteiger partial charge in [0.05, 0.1) is 11.1 Å². The molecule has 0 aliphatic rings. The first-order chi connectivity index (χ1) is 13.0. The zero-order chi connectivity index (χ0) is 20.9. The fourth-order valence-electron chi connectivity index (χ4n) is 1.77. The summed E-state index contributed by atoms with van der Waals surface area (Å²) in [6.45, 7) is 0. The van der Waals surface area contributed by atoms with Crippen LogP contribution in [0.2, 0.25) is 0 Å². The van der Waals surface area contributed by atoms with E-state index in [0.717, 1.165) is 12.1 Å². The lowest BCUT2D eigenvalue weighted by Gasteiger charge is -2.06. The number of carboxylic acid groups (broad SMARTS) is 1. The molecule has 1 N–H and O–H groups in total. The third kappa shape index (κ3) is 5.53. The second kappa shape index (κ2) is 8.06. The van der Waals surface area contributed by atoms with Crippen LogP contribution in [-0.2, 0) is 11.0 Å². The second-order valence-corrected chi connectivity index (χ2v) is 5.04. The van der Waals surface area contributed by atoms with Gasteiger partial charge < -0.3 is 9.52 Å². The number of carbonyl (C=O) groups is 1. The zero-order valence-electron chi connectivity index (χ0n) is 13.5. The molecule has 0 amide bonds. The van der Waals surface area contributed by atoms with Gasteiger partial charge in [-0.15, -0.1) is 10.2 Å². The van der Waals surface area contributed by atoms with Gasteiger partial charge in [-0.05, 0) is 30.3 Å². The van der Waals surface area contributed by atoms with E-state index in [1.165, 1.54) is 18.3 Å². The SMILES string of the molecule is FC(F)(F)c1cccc(-c2nnc(-c3cccnc3)o2)c1.O=C(O)C(F)(F)F. The van der Waals surface area contributed by atoms with Crippen LogP contribution in [0.5, 0.6) is 0 Å². The summed E-state index contributed by atoms with van der Waals surface area (Å²) in [7, 11) is 0. The number of nitrogens with zero attached hydrogens (tertiary/aromatic N) is 3. The number of pyridine rings is 1. The quantitative estimate of drug-likeness (QED) is 0.634. The van der Waals surface area contributed by atoms with E-state index in [-0.39, 0.29) is 17.3 Å². The molecule has 0 atom stereocenters. The maximum absolute atomic E-state index is 12.7. The fraction of sp³-hybridized carbons (Fsp3) is 0.125. The number of benzene rings is 1. The molecule has 0 spiro atoms. The Kier molecular flexibility index (Phi) is 6.01. The number of rotatable bonds is 2. The highest BCUT2D eigenvalue weighted by atomic mass is 19.4. The van der Waals surface area contributed by atoms with Crippen molar-refractivity contribution in [1.29, 1.82) is 0 Å². The van der Waals surface area contributed by atoms with Gasteiger partial charge in [0.15, 0.2) is 0 Å². The Morgan fingerprint density at radius 2 is 1.50 bits per heavy atom. The molecule has 2 heterocycles. The molecule has 0 bridgehead atoms. The van der Waals surface area contributed by atoms with E-state index in [9.17, 15) is 26.3 Å². The first-order valence-corrected chi connectivity index (χ1v) is 7.20. The highest BCUT2D eigenvalue weighted by Crippen LogP contribution is 2.32. The smallest absolute Gasteiger partial charge is 0.475 e. The zero-order valence-corrected chi connectivity index (χ0v) is 13.5. The monoisotopic (exact) mass is 405 g/mol. The van der Waals surface area contributed by atoms with Crippen molar-refractivity contribution in [2.75, 3.05) is 0 Å². The minimum Gasteiger partial charge on any atom is -0.475 e. The normalized spacial score (nSPS) is 11.5. The van der Waals surface area contributed by atoms with E-state index in [0.29, 0.717) is 5.56 Å². The van der Waals surface area contributed by atoms with Crippen molar-refractivity contribution in [3.8, 4) is 22.9 Å². The molecular weight excluding hydrogens is 396 g/mol. The summed E-state index contributed by atoms with van der Waals surface area (Å²) in [5, 5.41) is 14.7. The minimum absolute atomic E-state index is 0.0277. The van der Waals surface area contributed by atoms with Crippen LogP contribution in [0.3, 0.4) is 0 Å². The van der Waals surface area contributed by atoms with E-state index >= 15 is 0 Å². The second-order valence-electron chi connectivity index (χ2n) is 5.04. The largest absolute Gasteiger partial charge is 0.490 e. The van der Waals surface area contributed by atoms with Crippen molar-refractivity contribution < 1.29 is 40.7 Å². The van der Waals surface area contributed by atoms with E-state index < -0.39 is 23.9 Å². The molecule has 0 saturated carbocycles. The molecule has 0 unspecified atom stereocenters. The van der Waals surface area contributed by atoms with Gasteiger partial charge in [-0.2, -0.15) is 26.3 Å². The van der Waals surface area contributed by atoms with Crippen LogP contribution in [0, 0.1) is 0 Å². The average molecular weight is 405 g/mol. The molecule has 1 aromatic carbocycles. The van der Waals surface area contributed by atoms with Crippen LogP contribution < -0.4 is 0 Å². The first kappa shape index (κ1) is 20.9. The molecule has 0 radical (unpaired) electrons. The van der Waals surface area contributed by atoms with Crippen molar-refractivity contribution in [3.05, 3.63) is 54.4 Å². The van der Waals surface area contributed by atoms with Crippen molar-refractivity contribution >= 4 is 5.97 Å². The molecule has 12 heteroatoms. The lowest BCUT2D eigenvalue weighted by Crippen LogP contribution is -2.21. The van der Waals surface area contributed by atoms with Gasteiger partial charge in [-0.1, -0.05) is 6.07 Å². The average Bonchev–Trinajstić information content (AvgIpc) is 3.12. The molecule has 0 fully saturated rings. The minimum atomic E-state index is -5.08. The van der Waals surface area contributed by atoms with Crippen molar-refractivity contribution in [3.63, 3.8) is 0 Å². The van der Waals surface area contributed by atoms with Crippen LogP contribution >= 0.6 is 0 Å². The molecule has 0 aliphatic carbocycles. The van der Waals surface area contributed by atoms with Gasteiger partial charge in [0, 0.05) is 18.0 Å². The Hall–Kier alpha value is -3.44. The van der Waals surface area contributed by atoms with Crippen LogP contribution in [0.4, 0.5) is 26.3 Å². The molecule has 148 valence electrons. The molecule has 2 aromatic heterocycles. The Bertz CT molecular complexity index is 939. The number of carboxylic acids is 1. The van der Waals surface area contributed by atoms with Crippen LogP contribution in [0.25, 0.3) is 22.9 Å². The van der Waals surface area contributed by atoms with Gasteiger partial charge in [0.25, 0.3) is 0 Å². The third-order valence-corrected chi connectivity index (χ3v) is 3.01. The van der Waals surface area contributed by atoms with Crippen LogP contribution in [0.15, 0.2) is 53.2 Å². The fourth-order valence-corrected chi connectivity index (χ4v) is 1.77. The highest BCUT2D eigenvalue weighted by molar-refractivity contribution is 5.73. The van der Waals surface area contributed by atoms with Crippen LogP contribution in [0.1, 0.15) is 5.56 Å². The molecule has 28 heavy (non-hydrogen) atoms. The van der Waals surface area contributed by atoms with Gasteiger partial charge in [-0.3, -0.25) is 4.98 Å². The summed E-state index contributed by atoms with van der Waals surface area (Å²) in [5.74, 6) is -2.53. The predicted octanol–water partition coefficient (Wildman–Crippen LogP) is 4.45. The molecule has 3 aromatic rings. The highest BCUT2D eigenvalue weighted by Gasteiger charge is 2.38. The lowest BCUT2D eigenvalue weighted by atomic mass is 10.1. The summed E-state index contributed by atoms with van der Waals surface area (Å²) in [4.78, 5) is 12.8. The summed E-state index contributed by atoms with van der Waals surface area (Å²) in [6, 6.07) is 8.16. The maximum atomic E-state index is 12.7. The third-order valence-electron chi connectivity index (χ3n) is 3.01. The standard InChI is InChI=1S/C14H8F3N3O.C2HF3O2/c15-14(16,17)11-5-1-3-9(7-11)12-19-20-13(21-12)10-4-2-6-18-8-10;3-2(4,5)1(6)7/h1-8H;(H,6,7). The molecule has 3 rings (SSSR count). The van der Waals surface area contributed by atoms with Crippen LogP contribution in [-0.4, -0.2) is 32.4 Å². The summed E-state index contributed by atoms with van der Waals surface area (Å²) >= 11 is 0. The molecule has 6 nitrogen and oxygen atoms in total. The van der Waals surface area contributed by atoms with E-state index in [2.05, 4.69) is 15.2 Å². The Balaban J connectivity index is 0.000000345. The summed E-state index contributed by atoms with van der Waals surface area (Å²) in [5.41, 5.74) is 0.0526. The van der Waals surface area contributed by atoms with Crippen molar-refractivity contribution in [1.82, 2.24) is 15.2 Å². The number of aliphatic carboxylic acids is 1. The van der Waals surface area contributed by atoms with Gasteiger partial charge in [0.1, 0.15) is 0 Å². The lowest BCUT2D eigenvalue weighted by molar-refractivity contribution is -0.192. The predicted molar refractivity (Wildman–Crippen MR) is 81.7 cm³/mol. The van der Waals surface area contributed by atoms with E-state index in [4.69, 9.17) is 14.3 Å². The topological polar surface area (TPSA) is 89.1 Å². The van der Waals surface area contributed by atoms with E-state index in [1.54, 1.807) is 18.3 Å². The summed E-state index contributed by atoms with van der Waals surface area (Å²) < 4.78 is 75.2. The van der Waals surface area contributed by atoms with Gasteiger partial charge in [0.2, 0.25) is 11.8 Å². The first-order valence-electron chi connectivity index (χ1n) is 7.20. The molecule has 0 aliphatic heterocycles. The number of hydrogen-bond acceptors (Lipinski definition) is 5. The van der Waals surface area contributed by atoms with E-state index in [1.807, 2.05) is 0 Å². The van der Waals surface area contributed by atoms with Crippen molar-refractivity contribution in [2.45, 2.75) is 12.4 Å².